The van der Waals surface area contributed by atoms with Crippen molar-refractivity contribution >= 4 is 43.8 Å². The summed E-state index contributed by atoms with van der Waals surface area (Å²) in [4.78, 5) is 41.8. The maximum Gasteiger partial charge on any atom is 0.281 e. The number of carbonyl (C=O) groups excluding carboxylic acids is 1. The van der Waals surface area contributed by atoms with Crippen LogP contribution in [0.5, 0.6) is 0 Å². The van der Waals surface area contributed by atoms with Gasteiger partial charge >= 0.3 is 0 Å². The first kappa shape index (κ1) is 21.4. The van der Waals surface area contributed by atoms with Gasteiger partial charge < -0.3 is 10.2 Å². The second-order valence-electron chi connectivity index (χ2n) is 7.37. The summed E-state index contributed by atoms with van der Waals surface area (Å²) in [6, 6.07) is 10.9. The highest BCUT2D eigenvalue weighted by molar-refractivity contribution is 7.21. The van der Waals surface area contributed by atoms with E-state index in [0.29, 0.717) is 16.2 Å². The van der Waals surface area contributed by atoms with E-state index in [1.165, 1.54) is 35.6 Å². The second-order valence-corrected chi connectivity index (χ2v) is 8.38. The molecule has 30 heavy (non-hydrogen) atoms. The first-order chi connectivity index (χ1) is 14.2. The molecule has 3 aromatic rings. The molecule has 9 heteroatoms. The number of benzene rings is 2. The van der Waals surface area contributed by atoms with Crippen LogP contribution in [0, 0.1) is 10.1 Å². The van der Waals surface area contributed by atoms with Gasteiger partial charge in [-0.3, -0.25) is 19.7 Å². The predicted molar refractivity (Wildman–Crippen MR) is 120 cm³/mol. The molecule has 1 heterocycles. The Hall–Kier alpha value is -3.33. The van der Waals surface area contributed by atoms with Crippen LogP contribution in [0.15, 0.2) is 47.3 Å². The molecule has 156 valence electrons. The van der Waals surface area contributed by atoms with Crippen molar-refractivity contribution in [2.24, 2.45) is 0 Å². The molecule has 0 aliphatic carbocycles. The van der Waals surface area contributed by atoms with Crippen LogP contribution >= 0.6 is 11.3 Å². The van der Waals surface area contributed by atoms with Gasteiger partial charge in [-0.05, 0) is 52.0 Å². The number of anilines is 2. The number of carbonyl (C=O) groups is 1. The van der Waals surface area contributed by atoms with Gasteiger partial charge in [0.2, 0.25) is 0 Å². The lowest BCUT2D eigenvalue weighted by Gasteiger charge is -2.31. The normalized spacial score (nSPS) is 11.1. The second kappa shape index (κ2) is 8.58. The molecule has 0 fully saturated rings. The fourth-order valence-electron chi connectivity index (χ4n) is 3.24. The molecule has 8 nitrogen and oxygen atoms in total. The zero-order valence-electron chi connectivity index (χ0n) is 17.1. The number of amides is 1. The number of nitro groups is 1. The topological polar surface area (TPSA) is 105 Å². The fraction of sp³-hybridized carbons (Fsp3) is 0.286. The number of hydrogen-bond acceptors (Lipinski definition) is 7. The molecular weight excluding hydrogens is 404 g/mol. The molecule has 0 saturated carbocycles. The Morgan fingerprint density at radius 3 is 2.47 bits per heavy atom. The van der Waals surface area contributed by atoms with E-state index in [0.717, 1.165) is 4.70 Å². The summed E-state index contributed by atoms with van der Waals surface area (Å²) in [6.45, 7) is 8.20. The van der Waals surface area contributed by atoms with E-state index in [-0.39, 0.29) is 28.9 Å². The maximum absolute atomic E-state index is 12.7. The van der Waals surface area contributed by atoms with E-state index in [4.69, 9.17) is 0 Å². The minimum absolute atomic E-state index is 0.160. The molecule has 0 atom stereocenters. The van der Waals surface area contributed by atoms with Crippen LogP contribution in [0.3, 0.4) is 0 Å². The van der Waals surface area contributed by atoms with Crippen LogP contribution in [0.4, 0.5) is 16.5 Å². The number of fused-ring (bicyclic) bond motifs is 1. The van der Waals surface area contributed by atoms with Crippen molar-refractivity contribution in [1.82, 2.24) is 4.98 Å². The molecule has 0 radical (unpaired) electrons. The molecule has 0 saturated heterocycles. The summed E-state index contributed by atoms with van der Waals surface area (Å²) in [6.07, 6.45) is 0. The Kier molecular flexibility index (Phi) is 6.12. The molecule has 0 spiro atoms. The van der Waals surface area contributed by atoms with Gasteiger partial charge in [-0.15, -0.1) is 0 Å². The van der Waals surface area contributed by atoms with Gasteiger partial charge in [-0.25, -0.2) is 0 Å². The minimum atomic E-state index is -0.557. The number of nitrogens with zero attached hydrogens (tertiary/aromatic N) is 3. The van der Waals surface area contributed by atoms with Crippen LogP contribution in [0.25, 0.3) is 10.1 Å². The van der Waals surface area contributed by atoms with Gasteiger partial charge in [0.05, 0.1) is 10.3 Å². The lowest BCUT2D eigenvalue weighted by atomic mass is 10.2. The summed E-state index contributed by atoms with van der Waals surface area (Å²) in [5.41, 5.74) is 0.0489. The van der Waals surface area contributed by atoms with Gasteiger partial charge in [-0.1, -0.05) is 17.4 Å². The van der Waals surface area contributed by atoms with Crippen molar-refractivity contribution in [3.8, 4) is 0 Å². The summed E-state index contributed by atoms with van der Waals surface area (Å²) in [7, 11) is 0. The zero-order chi connectivity index (χ0) is 22.0. The lowest BCUT2D eigenvalue weighted by molar-refractivity contribution is -0.384. The Balaban J connectivity index is 1.92. The van der Waals surface area contributed by atoms with E-state index in [1.54, 1.807) is 18.2 Å². The van der Waals surface area contributed by atoms with Crippen LogP contribution in [0.2, 0.25) is 0 Å². The Labute approximate surface area is 177 Å². The standard InChI is InChI=1S/C21H22N4O4S/c1-12(2)24(13(3)4)21-23-20(27)17-11-15(8-9-18(17)30-21)22-19(26)14-6-5-7-16(10-14)25(28)29/h5-13H,1-4H3,(H,22,26). The predicted octanol–water partition coefficient (Wildman–Crippen LogP) is 4.44. The maximum atomic E-state index is 12.7. The SMILES string of the molecule is CC(C)N(c1nc(=O)c2cc(NC(=O)c3cccc([N+](=O)[O-])c3)ccc2s1)C(C)C. The van der Waals surface area contributed by atoms with Gasteiger partial charge in [0.15, 0.2) is 5.13 Å². The molecule has 1 aromatic heterocycles. The van der Waals surface area contributed by atoms with Crippen molar-refractivity contribution in [2.75, 3.05) is 10.2 Å². The number of non-ortho nitro benzene ring substituents is 1. The molecule has 1 N–H and O–H groups in total. The van der Waals surface area contributed by atoms with E-state index >= 15 is 0 Å². The van der Waals surface area contributed by atoms with Crippen molar-refractivity contribution in [2.45, 2.75) is 39.8 Å². The number of nitro benzene ring substituents is 1. The summed E-state index contributed by atoms with van der Waals surface area (Å²) >= 11 is 1.42. The Bertz CT molecular complexity index is 1170. The third-order valence-corrected chi connectivity index (χ3v) is 5.58. The van der Waals surface area contributed by atoms with E-state index in [9.17, 15) is 19.7 Å². The summed E-state index contributed by atoms with van der Waals surface area (Å²) in [5, 5.41) is 14.7. The summed E-state index contributed by atoms with van der Waals surface area (Å²) in [5.74, 6) is -0.496. The Morgan fingerprint density at radius 2 is 1.83 bits per heavy atom. The number of nitrogens with one attached hydrogen (secondary N) is 1. The van der Waals surface area contributed by atoms with E-state index < -0.39 is 10.8 Å². The van der Waals surface area contributed by atoms with Gasteiger partial charge in [0, 0.05) is 40.2 Å². The third-order valence-electron chi connectivity index (χ3n) is 4.52. The minimum Gasteiger partial charge on any atom is -0.343 e. The van der Waals surface area contributed by atoms with E-state index in [2.05, 4.69) is 42.9 Å². The molecule has 1 amide bonds. The average Bonchev–Trinajstić information content (AvgIpc) is 2.68. The van der Waals surface area contributed by atoms with E-state index in [1.807, 2.05) is 0 Å². The average molecular weight is 426 g/mol. The van der Waals surface area contributed by atoms with Crippen LogP contribution in [0.1, 0.15) is 38.1 Å². The third kappa shape index (κ3) is 4.46. The molecule has 0 unspecified atom stereocenters. The Morgan fingerprint density at radius 1 is 1.13 bits per heavy atom. The van der Waals surface area contributed by atoms with Crippen LogP contribution < -0.4 is 15.8 Å². The van der Waals surface area contributed by atoms with Crippen LogP contribution in [-0.2, 0) is 0 Å². The monoisotopic (exact) mass is 426 g/mol. The van der Waals surface area contributed by atoms with Gasteiger partial charge in [0.25, 0.3) is 17.2 Å². The fourth-order valence-corrected chi connectivity index (χ4v) is 4.49. The molecule has 3 rings (SSSR count). The first-order valence-corrected chi connectivity index (χ1v) is 10.3. The molecular formula is C21H22N4O4S. The van der Waals surface area contributed by atoms with Gasteiger partial charge in [0.1, 0.15) is 0 Å². The first-order valence-electron chi connectivity index (χ1n) is 9.46. The smallest absolute Gasteiger partial charge is 0.281 e. The highest BCUT2D eigenvalue weighted by Gasteiger charge is 2.18. The largest absolute Gasteiger partial charge is 0.343 e. The van der Waals surface area contributed by atoms with Crippen molar-refractivity contribution < 1.29 is 9.72 Å². The number of aromatic nitrogens is 1. The molecule has 0 aliphatic rings. The number of rotatable bonds is 6. The quantitative estimate of drug-likeness (QED) is 0.461. The molecule has 0 aliphatic heterocycles. The highest BCUT2D eigenvalue weighted by atomic mass is 32.1. The highest BCUT2D eigenvalue weighted by Crippen LogP contribution is 2.28. The van der Waals surface area contributed by atoms with Crippen LogP contribution in [-0.4, -0.2) is 27.9 Å². The number of hydrogen-bond donors (Lipinski definition) is 1. The van der Waals surface area contributed by atoms with Crippen molar-refractivity contribution in [3.63, 3.8) is 0 Å². The zero-order valence-corrected chi connectivity index (χ0v) is 17.9. The lowest BCUT2D eigenvalue weighted by Crippen LogP contribution is -2.38. The van der Waals surface area contributed by atoms with Crippen molar-refractivity contribution in [3.05, 3.63) is 68.5 Å². The molecule has 2 aromatic carbocycles. The molecule has 0 bridgehead atoms. The summed E-state index contributed by atoms with van der Waals surface area (Å²) < 4.78 is 0.768. The van der Waals surface area contributed by atoms with Crippen molar-refractivity contribution in [1.29, 1.82) is 0 Å². The van der Waals surface area contributed by atoms with Gasteiger partial charge in [-0.2, -0.15) is 4.98 Å².